The molecule has 0 saturated carbocycles. The van der Waals surface area contributed by atoms with Crippen LogP contribution in [0.15, 0.2) is 12.1 Å². The molecule has 1 unspecified atom stereocenters. The third kappa shape index (κ3) is 1.69. The van der Waals surface area contributed by atoms with E-state index in [2.05, 4.69) is 29.5 Å². The standard InChI is InChI=1S/C12H13IO3/c1-12(6-13)7-16-11-9(12)3-8(5-14)4-10(11)15-2/h3-5H,6-7H2,1-2H3. The summed E-state index contributed by atoms with van der Waals surface area (Å²) in [6, 6.07) is 3.61. The van der Waals surface area contributed by atoms with Gasteiger partial charge in [-0.1, -0.05) is 29.5 Å². The molecular formula is C12H13IO3. The first-order chi connectivity index (χ1) is 7.64. The van der Waals surface area contributed by atoms with Gasteiger partial charge in [0.05, 0.1) is 13.7 Å². The molecule has 0 N–H and O–H groups in total. The minimum atomic E-state index is -0.0256. The van der Waals surface area contributed by atoms with Crippen LogP contribution in [0.25, 0.3) is 0 Å². The van der Waals surface area contributed by atoms with Crippen LogP contribution in [0.3, 0.4) is 0 Å². The van der Waals surface area contributed by atoms with Crippen LogP contribution < -0.4 is 9.47 Å². The topological polar surface area (TPSA) is 35.5 Å². The molecule has 0 saturated heterocycles. The molecule has 1 aromatic rings. The van der Waals surface area contributed by atoms with E-state index in [4.69, 9.17) is 9.47 Å². The molecule has 0 amide bonds. The summed E-state index contributed by atoms with van der Waals surface area (Å²) in [6.07, 6.45) is 0.842. The Labute approximate surface area is 108 Å². The Morgan fingerprint density at radius 2 is 2.38 bits per heavy atom. The maximum absolute atomic E-state index is 10.9. The van der Waals surface area contributed by atoms with E-state index in [1.165, 1.54) is 0 Å². The number of rotatable bonds is 3. The Hall–Kier alpha value is -0.780. The zero-order chi connectivity index (χ0) is 11.8. The highest BCUT2D eigenvalue weighted by Crippen LogP contribution is 2.45. The third-order valence-corrected chi connectivity index (χ3v) is 4.60. The number of methoxy groups -OCH3 is 1. The molecule has 3 nitrogen and oxygen atoms in total. The van der Waals surface area contributed by atoms with Crippen LogP contribution in [0.5, 0.6) is 11.5 Å². The lowest BCUT2D eigenvalue weighted by molar-refractivity contribution is 0.112. The number of carbonyl (C=O) groups excluding carboxylic acids is 1. The number of carbonyl (C=O) groups is 1. The SMILES string of the molecule is COc1cc(C=O)cc2c1OCC2(C)CI. The van der Waals surface area contributed by atoms with Gasteiger partial charge in [-0.05, 0) is 12.1 Å². The second kappa shape index (κ2) is 4.24. The van der Waals surface area contributed by atoms with E-state index in [-0.39, 0.29) is 5.41 Å². The summed E-state index contributed by atoms with van der Waals surface area (Å²) in [5.41, 5.74) is 1.68. The largest absolute Gasteiger partial charge is 0.493 e. The van der Waals surface area contributed by atoms with Gasteiger partial charge in [-0.2, -0.15) is 0 Å². The first kappa shape index (κ1) is 11.7. The molecule has 1 atom stereocenters. The number of fused-ring (bicyclic) bond motifs is 1. The smallest absolute Gasteiger partial charge is 0.165 e. The first-order valence-corrected chi connectivity index (χ1v) is 6.53. The van der Waals surface area contributed by atoms with Crippen molar-refractivity contribution in [1.29, 1.82) is 0 Å². The van der Waals surface area contributed by atoms with Crippen LogP contribution in [-0.2, 0) is 5.41 Å². The van der Waals surface area contributed by atoms with Gasteiger partial charge in [-0.15, -0.1) is 0 Å². The fourth-order valence-corrected chi connectivity index (χ4v) is 2.49. The number of halogens is 1. The molecule has 0 spiro atoms. The first-order valence-electron chi connectivity index (χ1n) is 5.01. The fourth-order valence-electron chi connectivity index (χ4n) is 1.86. The van der Waals surface area contributed by atoms with E-state index in [0.717, 1.165) is 22.0 Å². The van der Waals surface area contributed by atoms with E-state index < -0.39 is 0 Å². The zero-order valence-electron chi connectivity index (χ0n) is 9.25. The van der Waals surface area contributed by atoms with E-state index in [0.29, 0.717) is 17.9 Å². The summed E-state index contributed by atoms with van der Waals surface area (Å²) in [6.45, 7) is 2.78. The number of hydrogen-bond donors (Lipinski definition) is 0. The van der Waals surface area contributed by atoms with Crippen molar-refractivity contribution in [2.24, 2.45) is 0 Å². The Balaban J connectivity index is 2.61. The van der Waals surface area contributed by atoms with Gasteiger partial charge < -0.3 is 9.47 Å². The molecule has 0 aliphatic carbocycles. The number of benzene rings is 1. The molecule has 0 radical (unpaired) electrons. The van der Waals surface area contributed by atoms with Gasteiger partial charge in [-0.25, -0.2) is 0 Å². The van der Waals surface area contributed by atoms with Crippen molar-refractivity contribution in [2.75, 3.05) is 18.1 Å². The molecule has 0 aromatic heterocycles. The second-order valence-corrected chi connectivity index (χ2v) is 4.96. The molecule has 4 heteroatoms. The maximum atomic E-state index is 10.9. The van der Waals surface area contributed by atoms with Gasteiger partial charge in [0.1, 0.15) is 6.29 Å². The highest BCUT2D eigenvalue weighted by Gasteiger charge is 2.37. The van der Waals surface area contributed by atoms with Crippen LogP contribution in [0.1, 0.15) is 22.8 Å². The lowest BCUT2D eigenvalue weighted by Crippen LogP contribution is -2.25. The Bertz CT molecular complexity index is 431. The van der Waals surface area contributed by atoms with Crippen molar-refractivity contribution in [1.82, 2.24) is 0 Å². The Morgan fingerprint density at radius 1 is 1.62 bits per heavy atom. The Kier molecular flexibility index (Phi) is 3.10. The maximum Gasteiger partial charge on any atom is 0.165 e. The van der Waals surface area contributed by atoms with E-state index in [9.17, 15) is 4.79 Å². The second-order valence-electron chi connectivity index (χ2n) is 4.20. The van der Waals surface area contributed by atoms with Gasteiger partial charge in [0.2, 0.25) is 0 Å². The van der Waals surface area contributed by atoms with Crippen LogP contribution >= 0.6 is 22.6 Å². The summed E-state index contributed by atoms with van der Waals surface area (Å²) in [5, 5.41) is 0. The fraction of sp³-hybridized carbons (Fsp3) is 0.417. The molecule has 2 rings (SSSR count). The van der Waals surface area contributed by atoms with Crippen molar-refractivity contribution in [2.45, 2.75) is 12.3 Å². The molecule has 1 heterocycles. The van der Waals surface area contributed by atoms with Gasteiger partial charge in [0, 0.05) is 21.0 Å². The van der Waals surface area contributed by atoms with Crippen molar-refractivity contribution >= 4 is 28.9 Å². The molecular weight excluding hydrogens is 319 g/mol. The van der Waals surface area contributed by atoms with Crippen molar-refractivity contribution in [3.05, 3.63) is 23.3 Å². The molecule has 16 heavy (non-hydrogen) atoms. The lowest BCUT2D eigenvalue weighted by Gasteiger charge is -2.19. The van der Waals surface area contributed by atoms with Crippen LogP contribution in [0.2, 0.25) is 0 Å². The summed E-state index contributed by atoms with van der Waals surface area (Å²) in [4.78, 5) is 10.9. The quantitative estimate of drug-likeness (QED) is 0.485. The van der Waals surface area contributed by atoms with E-state index >= 15 is 0 Å². The lowest BCUT2D eigenvalue weighted by atomic mass is 9.86. The number of hydrogen-bond acceptors (Lipinski definition) is 3. The highest BCUT2D eigenvalue weighted by atomic mass is 127. The van der Waals surface area contributed by atoms with Crippen molar-refractivity contribution in [3.63, 3.8) is 0 Å². The Morgan fingerprint density at radius 3 is 2.94 bits per heavy atom. The number of aldehydes is 1. The molecule has 1 aliphatic rings. The molecule has 86 valence electrons. The van der Waals surface area contributed by atoms with Gasteiger partial charge in [-0.3, -0.25) is 4.79 Å². The van der Waals surface area contributed by atoms with Gasteiger partial charge in [0.25, 0.3) is 0 Å². The minimum Gasteiger partial charge on any atom is -0.493 e. The summed E-state index contributed by atoms with van der Waals surface area (Å²) < 4.78 is 11.9. The monoisotopic (exact) mass is 332 g/mol. The van der Waals surface area contributed by atoms with Gasteiger partial charge in [0.15, 0.2) is 11.5 Å². The summed E-state index contributed by atoms with van der Waals surface area (Å²) in [5.74, 6) is 1.43. The molecule has 0 bridgehead atoms. The molecule has 1 aliphatic heterocycles. The highest BCUT2D eigenvalue weighted by molar-refractivity contribution is 14.1. The predicted molar refractivity (Wildman–Crippen MR) is 70.1 cm³/mol. The van der Waals surface area contributed by atoms with E-state index in [1.54, 1.807) is 13.2 Å². The third-order valence-electron chi connectivity index (χ3n) is 2.91. The van der Waals surface area contributed by atoms with Crippen molar-refractivity contribution < 1.29 is 14.3 Å². The molecule has 0 fully saturated rings. The average Bonchev–Trinajstić information content (AvgIpc) is 2.67. The summed E-state index contributed by atoms with van der Waals surface area (Å²) in [7, 11) is 1.59. The zero-order valence-corrected chi connectivity index (χ0v) is 11.4. The number of ether oxygens (including phenoxy) is 2. The van der Waals surface area contributed by atoms with Crippen LogP contribution in [0.4, 0.5) is 0 Å². The average molecular weight is 332 g/mol. The molecule has 1 aromatic carbocycles. The van der Waals surface area contributed by atoms with Crippen molar-refractivity contribution in [3.8, 4) is 11.5 Å². The normalized spacial score (nSPS) is 22.4. The minimum absolute atomic E-state index is 0.0256. The van der Waals surface area contributed by atoms with Crippen LogP contribution in [-0.4, -0.2) is 24.4 Å². The van der Waals surface area contributed by atoms with E-state index in [1.807, 2.05) is 6.07 Å². The predicted octanol–water partition coefficient (Wildman–Crippen LogP) is 2.59. The summed E-state index contributed by atoms with van der Waals surface area (Å²) >= 11 is 2.34. The number of alkyl halides is 1. The van der Waals surface area contributed by atoms with Gasteiger partial charge >= 0.3 is 0 Å². The van der Waals surface area contributed by atoms with Crippen LogP contribution in [0, 0.1) is 0 Å².